The summed E-state index contributed by atoms with van der Waals surface area (Å²) in [5.74, 6) is -1.17. The van der Waals surface area contributed by atoms with Crippen LogP contribution in [0.5, 0.6) is 0 Å². The van der Waals surface area contributed by atoms with E-state index in [1.807, 2.05) is 41.8 Å². The zero-order valence-corrected chi connectivity index (χ0v) is 23.4. The Morgan fingerprint density at radius 2 is 1.90 bits per heavy atom. The Morgan fingerprint density at radius 1 is 1.10 bits per heavy atom. The predicted octanol–water partition coefficient (Wildman–Crippen LogP) is 5.14. The maximum Gasteiger partial charge on any atom is 0.339 e. The fourth-order valence-electron chi connectivity index (χ4n) is 4.55. The van der Waals surface area contributed by atoms with Crippen LogP contribution in [0.25, 0.3) is 22.6 Å². The molecule has 0 fully saturated rings. The number of aromatic nitrogens is 1. The maximum absolute atomic E-state index is 13.4. The second-order valence-corrected chi connectivity index (χ2v) is 12.5. The summed E-state index contributed by atoms with van der Waals surface area (Å²) in [6.45, 7) is 1.23. The van der Waals surface area contributed by atoms with Crippen molar-refractivity contribution in [3.8, 4) is 0 Å². The van der Waals surface area contributed by atoms with Crippen molar-refractivity contribution in [1.29, 1.82) is 0 Å². The van der Waals surface area contributed by atoms with Crippen LogP contribution < -0.4 is 5.32 Å². The van der Waals surface area contributed by atoms with E-state index in [9.17, 15) is 18.0 Å². The first-order valence-electron chi connectivity index (χ1n) is 12.3. The van der Waals surface area contributed by atoms with Gasteiger partial charge in [-0.1, -0.05) is 30.3 Å². The quantitative estimate of drug-likeness (QED) is 0.314. The van der Waals surface area contributed by atoms with Gasteiger partial charge in [0.2, 0.25) is 10.0 Å². The lowest BCUT2D eigenvalue weighted by Crippen LogP contribution is -2.24. The van der Waals surface area contributed by atoms with E-state index >= 15 is 0 Å². The van der Waals surface area contributed by atoms with Crippen molar-refractivity contribution in [3.05, 3.63) is 87.2 Å². The van der Waals surface area contributed by atoms with E-state index in [2.05, 4.69) is 11.4 Å². The third-order valence-electron chi connectivity index (χ3n) is 6.60. The normalized spacial score (nSPS) is 14.1. The zero-order chi connectivity index (χ0) is 27.7. The molecular weight excluding hydrogens is 534 g/mol. The number of hydrogen-bond acceptors (Lipinski definition) is 7. The fraction of sp³-hybridized carbons (Fsp3) is 0.207. The Balaban J connectivity index is 1.38. The molecule has 200 valence electrons. The molecule has 10 heteroatoms. The van der Waals surface area contributed by atoms with Crippen LogP contribution in [0.2, 0.25) is 0 Å². The number of sulfonamides is 1. The molecular formula is C29H27N3O5S2. The van der Waals surface area contributed by atoms with Crippen molar-refractivity contribution in [2.24, 2.45) is 0 Å². The third kappa shape index (κ3) is 5.36. The summed E-state index contributed by atoms with van der Waals surface area (Å²) in [6.07, 6.45) is 3.50. The van der Waals surface area contributed by atoms with E-state index in [1.165, 1.54) is 26.2 Å². The Kier molecular flexibility index (Phi) is 7.35. The Bertz CT molecular complexity index is 1730. The van der Waals surface area contributed by atoms with E-state index in [0.717, 1.165) is 32.4 Å². The molecule has 0 spiro atoms. The van der Waals surface area contributed by atoms with Gasteiger partial charge in [-0.15, -0.1) is 11.3 Å². The largest absolute Gasteiger partial charge is 0.452 e. The number of esters is 1. The summed E-state index contributed by atoms with van der Waals surface area (Å²) >= 11 is 1.64. The minimum Gasteiger partial charge on any atom is -0.452 e. The molecule has 39 heavy (non-hydrogen) atoms. The van der Waals surface area contributed by atoms with Crippen molar-refractivity contribution < 1.29 is 22.7 Å². The van der Waals surface area contributed by atoms with Gasteiger partial charge >= 0.3 is 5.97 Å². The van der Waals surface area contributed by atoms with Crippen LogP contribution in [0.4, 0.5) is 5.69 Å². The highest BCUT2D eigenvalue weighted by Crippen LogP contribution is 2.38. The number of rotatable bonds is 7. The smallest absolute Gasteiger partial charge is 0.339 e. The van der Waals surface area contributed by atoms with Gasteiger partial charge in [0.15, 0.2) is 6.61 Å². The number of amides is 1. The Labute approximate surface area is 231 Å². The lowest BCUT2D eigenvalue weighted by molar-refractivity contribution is -0.119. The number of hydrogen-bond donors (Lipinski definition) is 1. The van der Waals surface area contributed by atoms with Crippen molar-refractivity contribution in [3.63, 3.8) is 0 Å². The van der Waals surface area contributed by atoms with Crippen molar-refractivity contribution in [1.82, 2.24) is 9.29 Å². The number of aryl methyl sites for hydroxylation is 1. The molecule has 0 atom stereocenters. The number of anilines is 1. The number of carbonyl (C=O) groups is 2. The predicted molar refractivity (Wildman–Crippen MR) is 153 cm³/mol. The molecule has 4 aromatic rings. The monoisotopic (exact) mass is 561 g/mol. The first-order chi connectivity index (χ1) is 18.6. The minimum atomic E-state index is -3.67. The number of ether oxygens (including phenoxy) is 1. The number of pyridine rings is 1. The summed E-state index contributed by atoms with van der Waals surface area (Å²) < 4.78 is 31.6. The number of benzene rings is 2. The van der Waals surface area contributed by atoms with E-state index in [-0.39, 0.29) is 4.90 Å². The van der Waals surface area contributed by atoms with Crippen molar-refractivity contribution in [2.75, 3.05) is 26.0 Å². The SMILES string of the molecule is Cc1ccc(S(=O)(=O)N(C)C)cc1NC(=O)COC(=O)c1c2c(nc3ccccc13)/C(=C/c1cccs1)CC2. The number of fused-ring (bicyclic) bond motifs is 2. The van der Waals surface area contributed by atoms with Gasteiger partial charge in [0.25, 0.3) is 5.91 Å². The van der Waals surface area contributed by atoms with Gasteiger partial charge in [0.05, 0.1) is 21.7 Å². The summed E-state index contributed by atoms with van der Waals surface area (Å²) in [6, 6.07) is 15.9. The van der Waals surface area contributed by atoms with Gasteiger partial charge in [-0.3, -0.25) is 4.79 Å². The van der Waals surface area contributed by atoms with Crippen LogP contribution in [0.15, 0.2) is 64.9 Å². The number of para-hydroxylation sites is 1. The summed E-state index contributed by atoms with van der Waals surface area (Å²) in [5, 5.41) is 5.36. The number of carbonyl (C=O) groups excluding carboxylic acids is 2. The van der Waals surface area contributed by atoms with Gasteiger partial charge in [-0.25, -0.2) is 22.5 Å². The van der Waals surface area contributed by atoms with Gasteiger partial charge in [0, 0.05) is 30.0 Å². The van der Waals surface area contributed by atoms with E-state index < -0.39 is 28.5 Å². The molecule has 1 aliphatic carbocycles. The molecule has 0 saturated heterocycles. The van der Waals surface area contributed by atoms with Crippen LogP contribution in [-0.4, -0.2) is 50.3 Å². The molecule has 2 aromatic heterocycles. The van der Waals surface area contributed by atoms with E-state index in [0.29, 0.717) is 34.1 Å². The van der Waals surface area contributed by atoms with Crippen LogP contribution in [0.3, 0.4) is 0 Å². The van der Waals surface area contributed by atoms with Gasteiger partial charge < -0.3 is 10.1 Å². The molecule has 2 heterocycles. The highest BCUT2D eigenvalue weighted by atomic mass is 32.2. The van der Waals surface area contributed by atoms with Gasteiger partial charge in [0.1, 0.15) is 0 Å². The number of allylic oxidation sites excluding steroid dienone is 1. The second kappa shape index (κ2) is 10.7. The first-order valence-corrected chi connectivity index (χ1v) is 14.6. The van der Waals surface area contributed by atoms with Crippen LogP contribution in [0, 0.1) is 6.92 Å². The molecule has 2 aromatic carbocycles. The molecule has 0 saturated carbocycles. The van der Waals surface area contributed by atoms with E-state index in [1.54, 1.807) is 24.3 Å². The second-order valence-electron chi connectivity index (χ2n) is 9.40. The average molecular weight is 562 g/mol. The molecule has 8 nitrogen and oxygen atoms in total. The summed E-state index contributed by atoms with van der Waals surface area (Å²) in [7, 11) is -0.799. The molecule has 5 rings (SSSR count). The third-order valence-corrected chi connectivity index (χ3v) is 9.23. The van der Waals surface area contributed by atoms with E-state index in [4.69, 9.17) is 9.72 Å². The van der Waals surface area contributed by atoms with Gasteiger partial charge in [-0.2, -0.15) is 0 Å². The highest BCUT2D eigenvalue weighted by Gasteiger charge is 2.28. The summed E-state index contributed by atoms with van der Waals surface area (Å²) in [4.78, 5) is 32.2. The fourth-order valence-corrected chi connectivity index (χ4v) is 6.16. The van der Waals surface area contributed by atoms with Crippen LogP contribution in [0.1, 0.15) is 38.5 Å². The maximum atomic E-state index is 13.4. The van der Waals surface area contributed by atoms with Crippen molar-refractivity contribution in [2.45, 2.75) is 24.7 Å². The van der Waals surface area contributed by atoms with Crippen LogP contribution in [-0.2, 0) is 26.0 Å². The topological polar surface area (TPSA) is 106 Å². The Hall–Kier alpha value is -3.86. The lowest BCUT2D eigenvalue weighted by Gasteiger charge is -2.15. The van der Waals surface area contributed by atoms with Gasteiger partial charge in [-0.05, 0) is 72.2 Å². The number of thiophene rings is 1. The molecule has 0 radical (unpaired) electrons. The molecule has 0 unspecified atom stereocenters. The standard InChI is InChI=1S/C29H27N3O5S2/c1-18-10-12-21(39(35,36)32(2)3)16-25(18)30-26(33)17-37-29(34)27-22-8-4-5-9-24(22)31-28-19(11-13-23(27)28)15-20-7-6-14-38-20/h4-10,12,14-16H,11,13,17H2,1-3H3,(H,30,33)/b19-15+. The molecule has 0 aliphatic heterocycles. The first kappa shape index (κ1) is 26.7. The highest BCUT2D eigenvalue weighted by molar-refractivity contribution is 7.89. The summed E-state index contributed by atoms with van der Waals surface area (Å²) in [5.41, 5.74) is 4.78. The molecule has 1 aliphatic rings. The Morgan fingerprint density at radius 3 is 2.64 bits per heavy atom. The minimum absolute atomic E-state index is 0.0515. The van der Waals surface area contributed by atoms with Crippen molar-refractivity contribution >= 4 is 61.5 Å². The molecule has 1 N–H and O–H groups in total. The average Bonchev–Trinajstić information content (AvgIpc) is 3.57. The number of nitrogens with one attached hydrogen (secondary N) is 1. The zero-order valence-electron chi connectivity index (χ0n) is 21.7. The molecule has 0 bridgehead atoms. The lowest BCUT2D eigenvalue weighted by atomic mass is 10.0. The van der Waals surface area contributed by atoms with Crippen LogP contribution >= 0.6 is 11.3 Å². The number of nitrogens with zero attached hydrogens (tertiary/aromatic N) is 2. The molecule has 1 amide bonds.